The summed E-state index contributed by atoms with van der Waals surface area (Å²) in [5.41, 5.74) is 0.982. The number of hydrogen-bond acceptors (Lipinski definition) is 2. The zero-order chi connectivity index (χ0) is 13.2. The van der Waals surface area contributed by atoms with Crippen molar-refractivity contribution < 1.29 is 9.59 Å². The number of carbonyl (C=O) groups is 2. The molecule has 2 amide bonds. The van der Waals surface area contributed by atoms with Gasteiger partial charge in [0.1, 0.15) is 0 Å². The molecule has 2 fully saturated rings. The number of fused-ring (bicyclic) bond motifs is 1. The van der Waals surface area contributed by atoms with E-state index in [0.717, 1.165) is 24.8 Å². The number of hydrogen-bond donors (Lipinski definition) is 0. The minimum atomic E-state index is -0.0365. The Balaban J connectivity index is 1.69. The third-order valence-corrected chi connectivity index (χ3v) is 4.41. The van der Waals surface area contributed by atoms with Gasteiger partial charge in [0.15, 0.2) is 0 Å². The van der Waals surface area contributed by atoms with E-state index in [1.54, 1.807) is 0 Å². The molecule has 19 heavy (non-hydrogen) atoms. The fourth-order valence-electron chi connectivity index (χ4n) is 3.37. The van der Waals surface area contributed by atoms with Crippen molar-refractivity contribution in [3.8, 4) is 0 Å². The number of likely N-dealkylation sites (tertiary alicyclic amines) is 1. The van der Waals surface area contributed by atoms with Gasteiger partial charge in [0.2, 0.25) is 11.8 Å². The number of carbonyl (C=O) groups excluding carboxylic acids is 2. The van der Waals surface area contributed by atoms with Crippen LogP contribution in [0.5, 0.6) is 0 Å². The third kappa shape index (κ3) is 2.42. The fourth-order valence-corrected chi connectivity index (χ4v) is 3.37. The van der Waals surface area contributed by atoms with Crippen molar-refractivity contribution >= 4 is 11.8 Å². The SMILES string of the molecule is O=C(Cc1ccccc1)N1C[C@H]2CCCC[C@H]2C1=O. The third-order valence-electron chi connectivity index (χ3n) is 4.41. The van der Waals surface area contributed by atoms with Crippen molar-refractivity contribution in [2.45, 2.75) is 32.1 Å². The first-order valence-electron chi connectivity index (χ1n) is 7.14. The highest BCUT2D eigenvalue weighted by atomic mass is 16.2. The highest BCUT2D eigenvalue weighted by Crippen LogP contribution is 2.37. The normalized spacial score (nSPS) is 26.3. The van der Waals surface area contributed by atoms with E-state index in [0.29, 0.717) is 18.9 Å². The van der Waals surface area contributed by atoms with Gasteiger partial charge in [-0.15, -0.1) is 0 Å². The van der Waals surface area contributed by atoms with Crippen LogP contribution in [-0.2, 0) is 16.0 Å². The summed E-state index contributed by atoms with van der Waals surface area (Å²) in [4.78, 5) is 26.1. The molecule has 1 aromatic carbocycles. The van der Waals surface area contributed by atoms with Crippen LogP contribution in [0, 0.1) is 11.8 Å². The number of nitrogens with zero attached hydrogens (tertiary/aromatic N) is 1. The summed E-state index contributed by atoms with van der Waals surface area (Å²) in [6.07, 6.45) is 4.75. The Morgan fingerprint density at radius 3 is 2.63 bits per heavy atom. The van der Waals surface area contributed by atoms with E-state index in [1.807, 2.05) is 30.3 Å². The van der Waals surface area contributed by atoms with Crippen LogP contribution in [0.15, 0.2) is 30.3 Å². The molecule has 0 spiro atoms. The predicted molar refractivity (Wildman–Crippen MR) is 72.3 cm³/mol. The maximum atomic E-state index is 12.3. The first-order chi connectivity index (χ1) is 9.25. The van der Waals surface area contributed by atoms with Gasteiger partial charge in [0.25, 0.3) is 0 Å². The summed E-state index contributed by atoms with van der Waals surface area (Å²) in [6, 6.07) is 9.66. The second-order valence-electron chi connectivity index (χ2n) is 5.66. The largest absolute Gasteiger partial charge is 0.282 e. The molecule has 1 aliphatic carbocycles. The number of rotatable bonds is 2. The van der Waals surface area contributed by atoms with E-state index >= 15 is 0 Å². The molecule has 0 radical (unpaired) electrons. The molecular formula is C16H19NO2. The summed E-state index contributed by atoms with van der Waals surface area (Å²) in [5, 5.41) is 0. The molecule has 3 nitrogen and oxygen atoms in total. The Bertz CT molecular complexity index is 483. The Morgan fingerprint density at radius 2 is 1.89 bits per heavy atom. The molecule has 0 unspecified atom stereocenters. The van der Waals surface area contributed by atoms with Crippen molar-refractivity contribution in [3.63, 3.8) is 0 Å². The smallest absolute Gasteiger partial charge is 0.233 e. The molecule has 0 bridgehead atoms. The first kappa shape index (κ1) is 12.4. The van der Waals surface area contributed by atoms with Gasteiger partial charge in [-0.3, -0.25) is 14.5 Å². The molecule has 1 aromatic rings. The summed E-state index contributed by atoms with van der Waals surface area (Å²) in [5.74, 6) is 0.575. The van der Waals surface area contributed by atoms with Crippen LogP contribution in [0.4, 0.5) is 0 Å². The number of amides is 2. The zero-order valence-corrected chi connectivity index (χ0v) is 11.0. The quantitative estimate of drug-likeness (QED) is 0.816. The van der Waals surface area contributed by atoms with Gasteiger partial charge in [-0.2, -0.15) is 0 Å². The number of imide groups is 1. The predicted octanol–water partition coefficient (Wildman–Crippen LogP) is 2.40. The zero-order valence-electron chi connectivity index (χ0n) is 11.0. The van der Waals surface area contributed by atoms with Gasteiger partial charge in [-0.1, -0.05) is 43.2 Å². The van der Waals surface area contributed by atoms with Gasteiger partial charge in [0, 0.05) is 12.5 Å². The highest BCUT2D eigenvalue weighted by molar-refractivity contribution is 5.98. The van der Waals surface area contributed by atoms with Gasteiger partial charge < -0.3 is 0 Å². The summed E-state index contributed by atoms with van der Waals surface area (Å²) in [6.45, 7) is 0.648. The average molecular weight is 257 g/mol. The number of benzene rings is 1. The minimum absolute atomic E-state index is 0.0365. The Morgan fingerprint density at radius 1 is 1.16 bits per heavy atom. The van der Waals surface area contributed by atoms with Crippen LogP contribution < -0.4 is 0 Å². The Kier molecular flexibility index (Phi) is 3.36. The van der Waals surface area contributed by atoms with Gasteiger partial charge in [-0.05, 0) is 24.3 Å². The van der Waals surface area contributed by atoms with Crippen molar-refractivity contribution in [1.29, 1.82) is 0 Å². The minimum Gasteiger partial charge on any atom is -0.282 e. The van der Waals surface area contributed by atoms with E-state index in [2.05, 4.69) is 0 Å². The standard InChI is InChI=1S/C16H19NO2/c18-15(10-12-6-2-1-3-7-12)17-11-13-8-4-5-9-14(13)16(17)19/h1-3,6-7,13-14H,4-5,8-11H2/t13-,14-/m1/s1. The van der Waals surface area contributed by atoms with Crippen LogP contribution >= 0.6 is 0 Å². The molecular weight excluding hydrogens is 238 g/mol. The Labute approximate surface area is 113 Å². The molecule has 2 atom stereocenters. The van der Waals surface area contributed by atoms with Crippen LogP contribution in [-0.4, -0.2) is 23.3 Å². The van der Waals surface area contributed by atoms with Gasteiger partial charge >= 0.3 is 0 Å². The van der Waals surface area contributed by atoms with Crippen LogP contribution in [0.1, 0.15) is 31.2 Å². The molecule has 1 saturated carbocycles. The summed E-state index contributed by atoms with van der Waals surface area (Å²) in [7, 11) is 0. The molecule has 3 rings (SSSR count). The van der Waals surface area contributed by atoms with Crippen molar-refractivity contribution in [2.24, 2.45) is 11.8 Å². The second-order valence-corrected chi connectivity index (χ2v) is 5.66. The first-order valence-corrected chi connectivity index (χ1v) is 7.14. The molecule has 0 aromatic heterocycles. The van der Waals surface area contributed by atoms with Gasteiger partial charge in [-0.25, -0.2) is 0 Å². The van der Waals surface area contributed by atoms with Crippen LogP contribution in [0.2, 0.25) is 0 Å². The second kappa shape index (κ2) is 5.16. The lowest BCUT2D eigenvalue weighted by Gasteiger charge is -2.21. The van der Waals surface area contributed by atoms with E-state index in [4.69, 9.17) is 0 Å². The summed E-state index contributed by atoms with van der Waals surface area (Å²) >= 11 is 0. The van der Waals surface area contributed by atoms with E-state index in [9.17, 15) is 9.59 Å². The van der Waals surface area contributed by atoms with Crippen LogP contribution in [0.25, 0.3) is 0 Å². The molecule has 0 N–H and O–H groups in total. The molecule has 1 aliphatic heterocycles. The molecule has 1 heterocycles. The van der Waals surface area contributed by atoms with Crippen molar-refractivity contribution in [1.82, 2.24) is 4.90 Å². The molecule has 100 valence electrons. The average Bonchev–Trinajstić information content (AvgIpc) is 2.78. The topological polar surface area (TPSA) is 37.4 Å². The lowest BCUT2D eigenvalue weighted by Crippen LogP contribution is -2.34. The van der Waals surface area contributed by atoms with E-state index < -0.39 is 0 Å². The highest BCUT2D eigenvalue weighted by Gasteiger charge is 2.43. The fraction of sp³-hybridized carbons (Fsp3) is 0.500. The maximum absolute atomic E-state index is 12.3. The van der Waals surface area contributed by atoms with Gasteiger partial charge in [0.05, 0.1) is 6.42 Å². The summed E-state index contributed by atoms with van der Waals surface area (Å²) < 4.78 is 0. The van der Waals surface area contributed by atoms with E-state index in [1.165, 1.54) is 11.3 Å². The van der Waals surface area contributed by atoms with Crippen molar-refractivity contribution in [2.75, 3.05) is 6.54 Å². The Hall–Kier alpha value is -1.64. The lowest BCUT2D eigenvalue weighted by atomic mass is 9.81. The molecule has 2 aliphatic rings. The van der Waals surface area contributed by atoms with Crippen molar-refractivity contribution in [3.05, 3.63) is 35.9 Å². The molecule has 3 heteroatoms. The van der Waals surface area contributed by atoms with Crippen LogP contribution in [0.3, 0.4) is 0 Å². The monoisotopic (exact) mass is 257 g/mol. The maximum Gasteiger partial charge on any atom is 0.233 e. The lowest BCUT2D eigenvalue weighted by molar-refractivity contribution is -0.143. The van der Waals surface area contributed by atoms with E-state index in [-0.39, 0.29) is 17.7 Å². The molecule has 1 saturated heterocycles.